The number of benzene rings is 2. The SMILES string of the molecule is O=C(NCCSCc1ccccc1)c1cc(S(=O)(=O)N2CCCCCC2)ccc1Cl. The molecule has 0 unspecified atom stereocenters. The van der Waals surface area contributed by atoms with Crippen molar-refractivity contribution in [3.8, 4) is 0 Å². The third kappa shape index (κ3) is 6.23. The monoisotopic (exact) mass is 466 g/mol. The van der Waals surface area contributed by atoms with Gasteiger partial charge in [-0.15, -0.1) is 0 Å². The molecule has 0 spiro atoms. The Hall–Kier alpha value is -1.54. The van der Waals surface area contributed by atoms with E-state index >= 15 is 0 Å². The van der Waals surface area contributed by atoms with Crippen molar-refractivity contribution in [2.24, 2.45) is 0 Å². The lowest BCUT2D eigenvalue weighted by Gasteiger charge is -2.20. The number of halogens is 1. The standard InChI is InChI=1S/C22H27ClN2O3S2/c23-21-11-10-19(30(27,28)25-13-6-1-2-7-14-25)16-20(21)22(26)24-12-15-29-17-18-8-4-3-5-9-18/h3-5,8-11,16H,1-2,6-7,12-15,17H2,(H,24,26). The summed E-state index contributed by atoms with van der Waals surface area (Å²) in [5.74, 6) is 1.28. The number of carbonyl (C=O) groups is 1. The quantitative estimate of drug-likeness (QED) is 0.579. The fourth-order valence-corrected chi connectivity index (χ4v) is 5.93. The first-order valence-corrected chi connectivity index (χ1v) is 13.2. The first kappa shape index (κ1) is 23.1. The van der Waals surface area contributed by atoms with Gasteiger partial charge in [-0.25, -0.2) is 8.42 Å². The van der Waals surface area contributed by atoms with Crippen molar-refractivity contribution in [3.63, 3.8) is 0 Å². The molecular formula is C22H27ClN2O3S2. The summed E-state index contributed by atoms with van der Waals surface area (Å²) in [6.07, 6.45) is 3.81. The second-order valence-electron chi connectivity index (χ2n) is 7.25. The molecule has 0 radical (unpaired) electrons. The highest BCUT2D eigenvalue weighted by molar-refractivity contribution is 7.98. The lowest BCUT2D eigenvalue weighted by atomic mass is 10.2. The minimum Gasteiger partial charge on any atom is -0.351 e. The van der Waals surface area contributed by atoms with Crippen LogP contribution in [0.5, 0.6) is 0 Å². The summed E-state index contributed by atoms with van der Waals surface area (Å²) in [6.45, 7) is 1.52. The van der Waals surface area contributed by atoms with Crippen LogP contribution in [0, 0.1) is 0 Å². The number of nitrogens with one attached hydrogen (secondary N) is 1. The molecule has 1 heterocycles. The van der Waals surface area contributed by atoms with Gasteiger partial charge in [0.1, 0.15) is 0 Å². The number of hydrogen-bond acceptors (Lipinski definition) is 4. The van der Waals surface area contributed by atoms with Crippen LogP contribution in [0.1, 0.15) is 41.6 Å². The predicted octanol–water partition coefficient (Wildman–Crippen LogP) is 4.57. The van der Waals surface area contributed by atoms with Crippen molar-refractivity contribution in [2.75, 3.05) is 25.4 Å². The van der Waals surface area contributed by atoms with E-state index in [1.165, 1.54) is 28.1 Å². The summed E-state index contributed by atoms with van der Waals surface area (Å²) in [6, 6.07) is 14.5. The Labute approximate surface area is 188 Å². The zero-order valence-corrected chi connectivity index (χ0v) is 19.2. The van der Waals surface area contributed by atoms with Crippen LogP contribution in [-0.4, -0.2) is 44.0 Å². The second-order valence-corrected chi connectivity index (χ2v) is 10.7. The number of thioether (sulfide) groups is 1. The van der Waals surface area contributed by atoms with Crippen LogP contribution in [0.15, 0.2) is 53.4 Å². The highest BCUT2D eigenvalue weighted by Crippen LogP contribution is 2.25. The molecule has 1 fully saturated rings. The van der Waals surface area contributed by atoms with Crippen LogP contribution in [0.2, 0.25) is 5.02 Å². The molecule has 0 aliphatic carbocycles. The maximum absolute atomic E-state index is 13.0. The summed E-state index contributed by atoms with van der Waals surface area (Å²) < 4.78 is 27.5. The molecule has 3 rings (SSSR count). The molecule has 0 bridgehead atoms. The van der Waals surface area contributed by atoms with Gasteiger partial charge in [0.05, 0.1) is 15.5 Å². The van der Waals surface area contributed by atoms with E-state index in [1.807, 2.05) is 18.2 Å². The first-order valence-electron chi connectivity index (χ1n) is 10.2. The number of sulfonamides is 1. The molecule has 30 heavy (non-hydrogen) atoms. The molecule has 8 heteroatoms. The zero-order chi connectivity index (χ0) is 21.4. The van der Waals surface area contributed by atoms with Gasteiger partial charge in [-0.3, -0.25) is 4.79 Å². The number of carbonyl (C=O) groups excluding carboxylic acids is 1. The Morgan fingerprint density at radius 3 is 2.43 bits per heavy atom. The zero-order valence-electron chi connectivity index (χ0n) is 16.8. The lowest BCUT2D eigenvalue weighted by Crippen LogP contribution is -2.32. The van der Waals surface area contributed by atoms with Gasteiger partial charge in [-0.05, 0) is 36.6 Å². The Kier molecular flexibility index (Phi) is 8.62. The van der Waals surface area contributed by atoms with Crippen molar-refractivity contribution >= 4 is 39.3 Å². The molecule has 1 N–H and O–H groups in total. The summed E-state index contributed by atoms with van der Waals surface area (Å²) >= 11 is 7.92. The van der Waals surface area contributed by atoms with Crippen molar-refractivity contribution in [1.82, 2.24) is 9.62 Å². The fourth-order valence-electron chi connectivity index (χ4n) is 3.37. The third-order valence-electron chi connectivity index (χ3n) is 5.03. The average Bonchev–Trinajstić information content (AvgIpc) is 3.04. The molecule has 5 nitrogen and oxygen atoms in total. The maximum atomic E-state index is 13.0. The topological polar surface area (TPSA) is 66.5 Å². The summed E-state index contributed by atoms with van der Waals surface area (Å²) in [5.41, 5.74) is 1.43. The number of amides is 1. The van der Waals surface area contributed by atoms with Gasteiger partial charge in [0.2, 0.25) is 10.0 Å². The van der Waals surface area contributed by atoms with Crippen molar-refractivity contribution in [2.45, 2.75) is 36.3 Å². The maximum Gasteiger partial charge on any atom is 0.252 e. The first-order chi connectivity index (χ1) is 14.5. The van der Waals surface area contributed by atoms with Crippen molar-refractivity contribution < 1.29 is 13.2 Å². The molecule has 2 aromatic carbocycles. The Bertz CT molecular complexity index is 944. The van der Waals surface area contributed by atoms with Gasteiger partial charge in [-0.2, -0.15) is 16.1 Å². The molecular weight excluding hydrogens is 440 g/mol. The van der Waals surface area contributed by atoms with Gasteiger partial charge < -0.3 is 5.32 Å². The molecule has 0 atom stereocenters. The van der Waals surface area contributed by atoms with Crippen LogP contribution < -0.4 is 5.32 Å². The largest absolute Gasteiger partial charge is 0.351 e. The minimum absolute atomic E-state index is 0.123. The van der Waals surface area contributed by atoms with Crippen LogP contribution in [-0.2, 0) is 15.8 Å². The summed E-state index contributed by atoms with van der Waals surface area (Å²) in [5, 5.41) is 3.09. The van der Waals surface area contributed by atoms with E-state index in [9.17, 15) is 13.2 Å². The second kappa shape index (κ2) is 11.2. The van der Waals surface area contributed by atoms with Crippen LogP contribution in [0.3, 0.4) is 0 Å². The summed E-state index contributed by atoms with van der Waals surface area (Å²) in [4.78, 5) is 12.7. The molecule has 0 saturated carbocycles. The Balaban J connectivity index is 1.59. The molecule has 1 saturated heterocycles. The Morgan fingerprint density at radius 1 is 1.03 bits per heavy atom. The van der Waals surface area contributed by atoms with Crippen LogP contribution in [0.4, 0.5) is 0 Å². The summed E-state index contributed by atoms with van der Waals surface area (Å²) in [7, 11) is -3.63. The highest BCUT2D eigenvalue weighted by Gasteiger charge is 2.26. The van der Waals surface area contributed by atoms with Gasteiger partial charge in [0.25, 0.3) is 5.91 Å². The molecule has 1 aliphatic heterocycles. The predicted molar refractivity (Wildman–Crippen MR) is 124 cm³/mol. The third-order valence-corrected chi connectivity index (χ3v) is 8.28. The van der Waals surface area contributed by atoms with Gasteiger partial charge >= 0.3 is 0 Å². The molecule has 1 amide bonds. The van der Waals surface area contributed by atoms with Gasteiger partial charge in [0, 0.05) is 31.1 Å². The fraction of sp³-hybridized carbons (Fsp3) is 0.409. The number of hydrogen-bond donors (Lipinski definition) is 1. The number of nitrogens with zero attached hydrogens (tertiary/aromatic N) is 1. The van der Waals surface area contributed by atoms with E-state index in [0.717, 1.165) is 37.2 Å². The smallest absolute Gasteiger partial charge is 0.252 e. The van der Waals surface area contributed by atoms with E-state index in [2.05, 4.69) is 17.4 Å². The van der Waals surface area contributed by atoms with Gasteiger partial charge in [0.15, 0.2) is 0 Å². The van der Waals surface area contributed by atoms with E-state index in [1.54, 1.807) is 11.8 Å². The van der Waals surface area contributed by atoms with E-state index in [-0.39, 0.29) is 21.4 Å². The van der Waals surface area contributed by atoms with Crippen molar-refractivity contribution in [3.05, 3.63) is 64.7 Å². The highest BCUT2D eigenvalue weighted by atomic mass is 35.5. The van der Waals surface area contributed by atoms with Crippen LogP contribution >= 0.6 is 23.4 Å². The molecule has 0 aromatic heterocycles. The van der Waals surface area contributed by atoms with E-state index < -0.39 is 10.0 Å². The minimum atomic E-state index is -3.63. The molecule has 162 valence electrons. The van der Waals surface area contributed by atoms with E-state index in [4.69, 9.17) is 11.6 Å². The lowest BCUT2D eigenvalue weighted by molar-refractivity contribution is 0.0956. The normalized spacial score (nSPS) is 15.5. The van der Waals surface area contributed by atoms with Crippen LogP contribution in [0.25, 0.3) is 0 Å². The Morgan fingerprint density at radius 2 is 1.73 bits per heavy atom. The molecule has 1 aliphatic rings. The van der Waals surface area contributed by atoms with Crippen molar-refractivity contribution in [1.29, 1.82) is 0 Å². The van der Waals surface area contributed by atoms with Gasteiger partial charge in [-0.1, -0.05) is 54.8 Å². The van der Waals surface area contributed by atoms with E-state index in [0.29, 0.717) is 19.6 Å². The number of rotatable bonds is 8. The molecule has 2 aromatic rings. The average molecular weight is 467 g/mol.